The van der Waals surface area contributed by atoms with Crippen LogP contribution < -0.4 is 5.32 Å². The fourth-order valence-corrected chi connectivity index (χ4v) is 3.67. The first-order chi connectivity index (χ1) is 10.2. The smallest absolute Gasteiger partial charge is 0.220 e. The second kappa shape index (κ2) is 6.66. The van der Waals surface area contributed by atoms with Crippen molar-refractivity contribution in [1.29, 1.82) is 0 Å². The Bertz CT molecular complexity index is 351. The van der Waals surface area contributed by atoms with E-state index in [1.807, 2.05) is 0 Å². The maximum absolute atomic E-state index is 12.1. The van der Waals surface area contributed by atoms with E-state index in [1.54, 1.807) is 0 Å². The Balaban J connectivity index is 1.33. The van der Waals surface area contributed by atoms with E-state index in [2.05, 4.69) is 12.2 Å². The van der Waals surface area contributed by atoms with Gasteiger partial charge in [-0.05, 0) is 44.4 Å². The van der Waals surface area contributed by atoms with Gasteiger partial charge < -0.3 is 14.8 Å². The predicted octanol–water partition coefficient (Wildman–Crippen LogP) is 3.00. The highest BCUT2D eigenvalue weighted by Gasteiger charge is 2.40. The van der Waals surface area contributed by atoms with Gasteiger partial charge in [-0.3, -0.25) is 4.79 Å². The van der Waals surface area contributed by atoms with Gasteiger partial charge >= 0.3 is 0 Å². The Morgan fingerprint density at radius 1 is 1.14 bits per heavy atom. The molecule has 0 bridgehead atoms. The van der Waals surface area contributed by atoms with E-state index < -0.39 is 0 Å². The number of ether oxygens (including phenoxy) is 2. The van der Waals surface area contributed by atoms with E-state index >= 15 is 0 Å². The van der Waals surface area contributed by atoms with Gasteiger partial charge in [-0.15, -0.1) is 0 Å². The summed E-state index contributed by atoms with van der Waals surface area (Å²) in [6.07, 6.45) is 9.86. The second-order valence-corrected chi connectivity index (χ2v) is 7.24. The van der Waals surface area contributed by atoms with Gasteiger partial charge in [-0.1, -0.05) is 12.8 Å². The van der Waals surface area contributed by atoms with Crippen LogP contribution >= 0.6 is 0 Å². The summed E-state index contributed by atoms with van der Waals surface area (Å²) in [6.45, 7) is 3.59. The maximum atomic E-state index is 12.1. The molecule has 2 aliphatic carbocycles. The zero-order valence-electron chi connectivity index (χ0n) is 13.2. The molecule has 1 atom stereocenters. The van der Waals surface area contributed by atoms with Gasteiger partial charge in [0, 0.05) is 25.3 Å². The third-order valence-electron chi connectivity index (χ3n) is 5.27. The molecular formula is C17H29NO3. The minimum atomic E-state index is -0.301. The molecule has 3 rings (SSSR count). The second-order valence-electron chi connectivity index (χ2n) is 7.24. The van der Waals surface area contributed by atoms with E-state index in [-0.39, 0.29) is 11.7 Å². The van der Waals surface area contributed by atoms with Crippen LogP contribution in [0.3, 0.4) is 0 Å². The molecule has 1 heterocycles. The van der Waals surface area contributed by atoms with Crippen molar-refractivity contribution >= 4 is 5.91 Å². The van der Waals surface area contributed by atoms with Crippen LogP contribution in [0.4, 0.5) is 0 Å². The van der Waals surface area contributed by atoms with Crippen molar-refractivity contribution in [2.75, 3.05) is 13.2 Å². The largest absolute Gasteiger partial charge is 0.354 e. The Morgan fingerprint density at radius 3 is 2.43 bits per heavy atom. The molecule has 1 spiro atoms. The summed E-state index contributed by atoms with van der Waals surface area (Å²) in [7, 11) is 0. The molecule has 2 saturated carbocycles. The molecule has 4 heteroatoms. The molecule has 0 aromatic rings. The molecule has 21 heavy (non-hydrogen) atoms. The van der Waals surface area contributed by atoms with Gasteiger partial charge in [0.1, 0.15) is 0 Å². The Kier molecular flexibility index (Phi) is 4.85. The minimum Gasteiger partial charge on any atom is -0.354 e. The summed E-state index contributed by atoms with van der Waals surface area (Å²) in [5, 5.41) is 3.17. The van der Waals surface area contributed by atoms with Crippen LogP contribution in [0.5, 0.6) is 0 Å². The summed E-state index contributed by atoms with van der Waals surface area (Å²) >= 11 is 0. The van der Waals surface area contributed by atoms with Gasteiger partial charge in [0.25, 0.3) is 0 Å². The van der Waals surface area contributed by atoms with Crippen LogP contribution in [0.2, 0.25) is 0 Å². The Hall–Kier alpha value is -0.610. The first-order valence-corrected chi connectivity index (χ1v) is 8.72. The molecule has 3 aliphatic rings. The number of nitrogens with one attached hydrogen (secondary N) is 1. The van der Waals surface area contributed by atoms with Crippen molar-refractivity contribution in [3.8, 4) is 0 Å². The van der Waals surface area contributed by atoms with Crippen LogP contribution in [-0.4, -0.2) is 30.9 Å². The van der Waals surface area contributed by atoms with Crippen molar-refractivity contribution < 1.29 is 14.3 Å². The molecule has 1 amide bonds. The molecule has 1 saturated heterocycles. The molecule has 1 aliphatic heterocycles. The Labute approximate surface area is 127 Å². The number of rotatable bonds is 6. The lowest BCUT2D eigenvalue weighted by Gasteiger charge is -2.35. The number of amides is 1. The number of carbonyl (C=O) groups excluding carboxylic acids is 1. The molecule has 0 aromatic heterocycles. The molecule has 0 aromatic carbocycles. The lowest BCUT2D eigenvalue weighted by molar-refractivity contribution is -0.183. The van der Waals surface area contributed by atoms with Gasteiger partial charge in [0.2, 0.25) is 5.91 Å². The maximum Gasteiger partial charge on any atom is 0.220 e. The van der Waals surface area contributed by atoms with Crippen molar-refractivity contribution in [3.05, 3.63) is 0 Å². The summed E-state index contributed by atoms with van der Waals surface area (Å²) in [4.78, 5) is 12.1. The van der Waals surface area contributed by atoms with Crippen LogP contribution in [0.25, 0.3) is 0 Å². The fourth-order valence-electron chi connectivity index (χ4n) is 3.67. The molecular weight excluding hydrogens is 266 g/mol. The van der Waals surface area contributed by atoms with Crippen LogP contribution in [0, 0.1) is 11.8 Å². The Morgan fingerprint density at radius 2 is 1.81 bits per heavy atom. The van der Waals surface area contributed by atoms with Crippen LogP contribution in [-0.2, 0) is 14.3 Å². The predicted molar refractivity (Wildman–Crippen MR) is 80.8 cm³/mol. The van der Waals surface area contributed by atoms with Gasteiger partial charge in [-0.25, -0.2) is 0 Å². The molecule has 0 unspecified atom stereocenters. The molecule has 3 fully saturated rings. The lowest BCUT2D eigenvalue weighted by atomic mass is 9.83. The molecule has 120 valence electrons. The summed E-state index contributed by atoms with van der Waals surface area (Å²) < 4.78 is 11.5. The first-order valence-electron chi connectivity index (χ1n) is 8.72. The highest BCUT2D eigenvalue weighted by molar-refractivity contribution is 5.76. The number of carbonyl (C=O) groups is 1. The molecule has 4 nitrogen and oxygen atoms in total. The van der Waals surface area contributed by atoms with Gasteiger partial charge in [0.05, 0.1) is 13.2 Å². The summed E-state index contributed by atoms with van der Waals surface area (Å²) in [5.74, 6) is 1.38. The normalized spacial score (nSPS) is 26.9. The first kappa shape index (κ1) is 15.3. The topological polar surface area (TPSA) is 47.6 Å². The summed E-state index contributed by atoms with van der Waals surface area (Å²) in [6, 6.07) is 0.328. The average Bonchev–Trinajstić information content (AvgIpc) is 3.19. The minimum absolute atomic E-state index is 0.229. The third kappa shape index (κ3) is 4.43. The average molecular weight is 295 g/mol. The standard InChI is InChI=1S/C17H29NO3/c1-13(2-3-14-4-5-14)18-16(19)12-15-6-8-17(9-7-15)20-10-11-21-17/h13-15H,2-12H2,1H3,(H,18,19)/t13-/m0/s1. The van der Waals surface area contributed by atoms with Crippen LogP contribution in [0.15, 0.2) is 0 Å². The van der Waals surface area contributed by atoms with E-state index in [1.165, 1.54) is 19.3 Å². The van der Waals surface area contributed by atoms with Crippen molar-refractivity contribution in [2.24, 2.45) is 11.8 Å². The van der Waals surface area contributed by atoms with Crippen molar-refractivity contribution in [1.82, 2.24) is 5.32 Å². The quantitative estimate of drug-likeness (QED) is 0.819. The van der Waals surface area contributed by atoms with Crippen molar-refractivity contribution in [3.63, 3.8) is 0 Å². The highest BCUT2D eigenvalue weighted by Crippen LogP contribution is 2.39. The number of hydrogen-bond donors (Lipinski definition) is 1. The summed E-state index contributed by atoms with van der Waals surface area (Å²) in [5.41, 5.74) is 0. The van der Waals surface area contributed by atoms with Crippen molar-refractivity contribution in [2.45, 2.75) is 76.5 Å². The monoisotopic (exact) mass is 295 g/mol. The van der Waals surface area contributed by atoms with Gasteiger partial charge in [-0.2, -0.15) is 0 Å². The molecule has 1 N–H and O–H groups in total. The van der Waals surface area contributed by atoms with Gasteiger partial charge in [0.15, 0.2) is 5.79 Å². The third-order valence-corrected chi connectivity index (χ3v) is 5.27. The van der Waals surface area contributed by atoms with E-state index in [9.17, 15) is 4.79 Å². The lowest BCUT2D eigenvalue weighted by Crippen LogP contribution is -2.38. The van der Waals surface area contributed by atoms with E-state index in [0.29, 0.717) is 18.4 Å². The van der Waals surface area contributed by atoms with E-state index in [0.717, 1.165) is 51.2 Å². The zero-order valence-corrected chi connectivity index (χ0v) is 13.2. The van der Waals surface area contributed by atoms with Crippen LogP contribution in [0.1, 0.15) is 64.7 Å². The number of hydrogen-bond acceptors (Lipinski definition) is 3. The van der Waals surface area contributed by atoms with E-state index in [4.69, 9.17) is 9.47 Å². The highest BCUT2D eigenvalue weighted by atomic mass is 16.7. The molecule has 0 radical (unpaired) electrons. The fraction of sp³-hybridized carbons (Fsp3) is 0.941. The SMILES string of the molecule is C[C@@H](CCC1CC1)NC(=O)CC1CCC2(CC1)OCCO2. The zero-order chi connectivity index (χ0) is 14.7.